The third kappa shape index (κ3) is 6.34. The van der Waals surface area contributed by atoms with Gasteiger partial charge in [-0.15, -0.1) is 0 Å². The highest BCUT2D eigenvalue weighted by Crippen LogP contribution is 2.26. The number of hydrogen-bond donors (Lipinski definition) is 2. The number of aromatic nitrogens is 2. The molecule has 1 fully saturated rings. The molecule has 1 amide bonds. The molecule has 2 atom stereocenters. The van der Waals surface area contributed by atoms with Gasteiger partial charge < -0.3 is 24.7 Å². The van der Waals surface area contributed by atoms with Crippen molar-refractivity contribution < 1.29 is 18.7 Å². The first-order valence-corrected chi connectivity index (χ1v) is 11.8. The zero-order chi connectivity index (χ0) is 24.9. The van der Waals surface area contributed by atoms with E-state index < -0.39 is 0 Å². The molecule has 3 rings (SSSR count). The second kappa shape index (κ2) is 11.0. The van der Waals surface area contributed by atoms with E-state index in [1.165, 1.54) is 7.11 Å². The first-order chi connectivity index (χ1) is 16.1. The molecule has 0 radical (unpaired) electrons. The number of hydrogen-bond acceptors (Lipinski definition) is 8. The van der Waals surface area contributed by atoms with Gasteiger partial charge in [0.05, 0.1) is 25.8 Å². The quantitative estimate of drug-likeness (QED) is 0.565. The summed E-state index contributed by atoms with van der Waals surface area (Å²) in [4.78, 5) is 37.2. The summed E-state index contributed by atoms with van der Waals surface area (Å²) in [5.74, 6) is 1.40. The summed E-state index contributed by atoms with van der Waals surface area (Å²) in [5, 5.41) is 6.57. The largest absolute Gasteiger partial charge is 0.469 e. The van der Waals surface area contributed by atoms with Crippen molar-refractivity contribution in [2.75, 3.05) is 32.1 Å². The normalized spacial score (nSPS) is 18.6. The molecule has 0 saturated carbocycles. The van der Waals surface area contributed by atoms with E-state index in [1.54, 1.807) is 12.5 Å². The van der Waals surface area contributed by atoms with Gasteiger partial charge in [-0.25, -0.2) is 9.97 Å². The summed E-state index contributed by atoms with van der Waals surface area (Å²) in [6, 6.07) is 3.54. The second-order valence-corrected chi connectivity index (χ2v) is 10.3. The van der Waals surface area contributed by atoms with Crippen LogP contribution in [0, 0.1) is 11.8 Å². The number of rotatable bonds is 8. The van der Waals surface area contributed by atoms with Crippen LogP contribution in [0.4, 0.5) is 5.82 Å². The Labute approximate surface area is 201 Å². The molecule has 1 saturated heterocycles. The summed E-state index contributed by atoms with van der Waals surface area (Å²) in [6.07, 6.45) is 3.78. The van der Waals surface area contributed by atoms with Crippen LogP contribution in [0.15, 0.2) is 29.0 Å². The van der Waals surface area contributed by atoms with Crippen LogP contribution in [0.2, 0.25) is 0 Å². The predicted molar refractivity (Wildman–Crippen MR) is 129 cm³/mol. The maximum Gasteiger partial charge on any atom is 0.310 e. The minimum absolute atomic E-state index is 0.145. The predicted octanol–water partition coefficient (Wildman–Crippen LogP) is 3.23. The molecule has 186 valence electrons. The van der Waals surface area contributed by atoms with Crippen LogP contribution in [0.3, 0.4) is 0 Å². The summed E-state index contributed by atoms with van der Waals surface area (Å²) in [6.45, 7) is 12.4. The van der Waals surface area contributed by atoms with E-state index in [9.17, 15) is 9.59 Å². The third-order valence-corrected chi connectivity index (χ3v) is 5.83. The van der Waals surface area contributed by atoms with E-state index in [2.05, 4.69) is 29.5 Å². The Morgan fingerprint density at radius 1 is 1.32 bits per heavy atom. The summed E-state index contributed by atoms with van der Waals surface area (Å²) in [5.41, 5.74) is 0.127. The molecule has 0 aliphatic carbocycles. The van der Waals surface area contributed by atoms with Crippen LogP contribution in [0.1, 0.15) is 63.0 Å². The highest BCUT2D eigenvalue weighted by molar-refractivity contribution is 5.98. The molecule has 34 heavy (non-hydrogen) atoms. The summed E-state index contributed by atoms with van der Waals surface area (Å²) >= 11 is 0. The van der Waals surface area contributed by atoms with E-state index >= 15 is 0 Å². The van der Waals surface area contributed by atoms with Gasteiger partial charge in [-0.2, -0.15) is 0 Å². The highest BCUT2D eigenvalue weighted by Gasteiger charge is 2.35. The number of methoxy groups -OCH3 is 1. The zero-order valence-electron chi connectivity index (χ0n) is 21.1. The van der Waals surface area contributed by atoms with Gasteiger partial charge in [-0.05, 0) is 24.5 Å². The minimum atomic E-state index is -0.290. The average Bonchev–Trinajstić information content (AvgIpc) is 3.33. The van der Waals surface area contributed by atoms with Crippen molar-refractivity contribution in [3.63, 3.8) is 0 Å². The molecule has 2 N–H and O–H groups in total. The van der Waals surface area contributed by atoms with E-state index in [0.29, 0.717) is 49.8 Å². The van der Waals surface area contributed by atoms with Crippen LogP contribution in [0.5, 0.6) is 0 Å². The fraction of sp³-hybridized carbons (Fsp3) is 0.600. The number of anilines is 1. The maximum absolute atomic E-state index is 13.9. The number of esters is 1. The number of carbonyl (C=O) groups excluding carboxylic acids is 2. The smallest absolute Gasteiger partial charge is 0.310 e. The number of nitrogens with zero attached hydrogens (tertiary/aromatic N) is 3. The Hall–Kier alpha value is -2.94. The molecule has 3 heterocycles. The van der Waals surface area contributed by atoms with Crippen molar-refractivity contribution in [1.29, 1.82) is 0 Å². The van der Waals surface area contributed by atoms with Gasteiger partial charge in [0.1, 0.15) is 23.0 Å². The van der Waals surface area contributed by atoms with Crippen LogP contribution in [0.25, 0.3) is 0 Å². The molecule has 0 aromatic carbocycles. The number of piperidine rings is 1. The van der Waals surface area contributed by atoms with Crippen LogP contribution in [-0.4, -0.2) is 59.5 Å². The number of furan rings is 1. The molecule has 2 aromatic rings. The van der Waals surface area contributed by atoms with Gasteiger partial charge in [0, 0.05) is 37.3 Å². The lowest BCUT2D eigenvalue weighted by Crippen LogP contribution is -2.53. The Kier molecular flexibility index (Phi) is 8.30. The number of nitrogens with one attached hydrogen (secondary N) is 2. The van der Waals surface area contributed by atoms with Gasteiger partial charge in [0.15, 0.2) is 0 Å². The molecule has 9 nitrogen and oxygen atoms in total. The zero-order valence-corrected chi connectivity index (χ0v) is 21.1. The molecule has 1 aliphatic heterocycles. The van der Waals surface area contributed by atoms with Crippen molar-refractivity contribution in [2.45, 2.75) is 59.0 Å². The Bertz CT molecular complexity index is 968. The van der Waals surface area contributed by atoms with Crippen LogP contribution < -0.4 is 10.6 Å². The van der Waals surface area contributed by atoms with Crippen molar-refractivity contribution in [1.82, 2.24) is 20.2 Å². The SMILES string of the molecule is COC(=O)[C@H]1CNC[C@H](N(CC(C)C)C(=O)c2cnc(C(C)(C)C)nc2NCc2ccco2)C1. The molecular formula is C25H37N5O4. The summed E-state index contributed by atoms with van der Waals surface area (Å²) < 4.78 is 10.4. The summed E-state index contributed by atoms with van der Waals surface area (Å²) in [7, 11) is 1.40. The van der Waals surface area contributed by atoms with Crippen molar-refractivity contribution >= 4 is 17.7 Å². The lowest BCUT2D eigenvalue weighted by Gasteiger charge is -2.38. The molecule has 0 spiro atoms. The Morgan fingerprint density at radius 2 is 2.09 bits per heavy atom. The second-order valence-electron chi connectivity index (χ2n) is 10.3. The molecule has 0 bridgehead atoms. The fourth-order valence-corrected chi connectivity index (χ4v) is 4.07. The topological polar surface area (TPSA) is 110 Å². The standard InChI is InChI=1S/C25H37N5O4/c1-16(2)15-30(18-10-17(11-26-12-18)23(32)33-6)22(31)20-14-28-24(25(3,4)5)29-21(20)27-13-19-8-7-9-34-19/h7-9,14,16-18,26H,10-13,15H2,1-6H3,(H,27,28,29)/t17-,18-/m1/s1. The lowest BCUT2D eigenvalue weighted by molar-refractivity contribution is -0.146. The van der Waals surface area contributed by atoms with E-state index in [-0.39, 0.29) is 35.2 Å². The van der Waals surface area contributed by atoms with Crippen LogP contribution in [-0.2, 0) is 21.5 Å². The van der Waals surface area contributed by atoms with Crippen LogP contribution >= 0.6 is 0 Å². The Balaban J connectivity index is 1.93. The van der Waals surface area contributed by atoms with Crippen molar-refractivity contribution in [3.05, 3.63) is 41.7 Å². The fourth-order valence-electron chi connectivity index (χ4n) is 4.07. The lowest BCUT2D eigenvalue weighted by atomic mass is 9.93. The first kappa shape index (κ1) is 25.7. The highest BCUT2D eigenvalue weighted by atomic mass is 16.5. The minimum Gasteiger partial charge on any atom is -0.469 e. The van der Waals surface area contributed by atoms with Gasteiger partial charge in [-0.3, -0.25) is 9.59 Å². The molecule has 0 unspecified atom stereocenters. The Morgan fingerprint density at radius 3 is 2.71 bits per heavy atom. The van der Waals surface area contributed by atoms with E-state index in [4.69, 9.17) is 14.1 Å². The molecular weight excluding hydrogens is 434 g/mol. The van der Waals surface area contributed by atoms with Gasteiger partial charge in [0.25, 0.3) is 5.91 Å². The van der Waals surface area contributed by atoms with E-state index in [1.807, 2.05) is 37.8 Å². The van der Waals surface area contributed by atoms with Crippen molar-refractivity contribution in [2.24, 2.45) is 11.8 Å². The molecule has 2 aromatic heterocycles. The molecule has 1 aliphatic rings. The number of carbonyl (C=O) groups is 2. The van der Waals surface area contributed by atoms with Crippen molar-refractivity contribution in [3.8, 4) is 0 Å². The van der Waals surface area contributed by atoms with Gasteiger partial charge in [0.2, 0.25) is 0 Å². The third-order valence-electron chi connectivity index (χ3n) is 5.83. The number of ether oxygens (including phenoxy) is 1. The molecule has 9 heteroatoms. The number of amides is 1. The monoisotopic (exact) mass is 471 g/mol. The maximum atomic E-state index is 13.9. The van der Waals surface area contributed by atoms with Gasteiger partial charge in [-0.1, -0.05) is 34.6 Å². The van der Waals surface area contributed by atoms with Gasteiger partial charge >= 0.3 is 5.97 Å². The average molecular weight is 472 g/mol. The van der Waals surface area contributed by atoms with E-state index in [0.717, 1.165) is 5.76 Å². The first-order valence-electron chi connectivity index (χ1n) is 11.8.